The van der Waals surface area contributed by atoms with E-state index in [2.05, 4.69) is 33.5 Å². The number of hydrogen-bond donors (Lipinski definition) is 0. The normalized spacial score (nSPS) is 27.6. The van der Waals surface area contributed by atoms with Gasteiger partial charge in [0.05, 0.1) is 0 Å². The molecule has 0 aliphatic carbocycles. The summed E-state index contributed by atoms with van der Waals surface area (Å²) in [6.45, 7) is 9.35. The largest absolute Gasteiger partial charge is 0.0978 e. The van der Waals surface area contributed by atoms with E-state index in [1.54, 1.807) is 5.57 Å². The maximum Gasteiger partial charge on any atom is -0.0111 e. The van der Waals surface area contributed by atoms with Crippen molar-refractivity contribution in [1.29, 1.82) is 0 Å². The van der Waals surface area contributed by atoms with Crippen LogP contribution in [0, 0.1) is 11.3 Å². The Labute approximate surface area is 72.2 Å². The molecule has 0 aromatic rings. The zero-order valence-electron chi connectivity index (χ0n) is 8.07. The Balaban J connectivity index is 2.68. The summed E-state index contributed by atoms with van der Waals surface area (Å²) in [5.74, 6) is 3.33. The molecule has 0 aromatic heterocycles. The molecule has 0 radical (unpaired) electrons. The van der Waals surface area contributed by atoms with Gasteiger partial charge in [-0.15, -0.1) is 0 Å². The van der Waals surface area contributed by atoms with E-state index >= 15 is 0 Å². The Hall–Kier alpha value is 0.170. The van der Waals surface area contributed by atoms with Gasteiger partial charge in [-0.25, -0.2) is 0 Å². The minimum Gasteiger partial charge on any atom is -0.0978 e. The van der Waals surface area contributed by atoms with Gasteiger partial charge in [0.25, 0.3) is 0 Å². The third kappa shape index (κ3) is 2.06. The fourth-order valence-electron chi connectivity index (χ4n) is 1.75. The number of hydrogen-bond acceptors (Lipinski definition) is 0. The zero-order valence-corrected chi connectivity index (χ0v) is 9.07. The van der Waals surface area contributed by atoms with Crippen molar-refractivity contribution in [2.45, 2.75) is 34.1 Å². The standard InChI is InChI=1S/C10H19P/c1-5-8-6-11-7-9(8)10(2,3)4/h6,9,11H,5,7H2,1-4H3. The summed E-state index contributed by atoms with van der Waals surface area (Å²) in [5, 5.41) is 0. The maximum atomic E-state index is 2.47. The quantitative estimate of drug-likeness (QED) is 0.527. The van der Waals surface area contributed by atoms with E-state index in [9.17, 15) is 0 Å². The first kappa shape index (κ1) is 9.26. The molecule has 0 nitrogen and oxygen atoms in total. The number of rotatable bonds is 1. The molecule has 64 valence electrons. The van der Waals surface area contributed by atoms with E-state index in [0.29, 0.717) is 5.41 Å². The average Bonchev–Trinajstić information content (AvgIpc) is 2.31. The highest BCUT2D eigenvalue weighted by molar-refractivity contribution is 7.42. The summed E-state index contributed by atoms with van der Waals surface area (Å²) >= 11 is 0. The summed E-state index contributed by atoms with van der Waals surface area (Å²) in [6.07, 6.45) is 2.67. The Morgan fingerprint density at radius 1 is 1.55 bits per heavy atom. The molecular formula is C10H19P. The van der Waals surface area contributed by atoms with Crippen molar-refractivity contribution in [3.8, 4) is 0 Å². The van der Waals surface area contributed by atoms with Gasteiger partial charge in [-0.05, 0) is 23.9 Å². The molecule has 11 heavy (non-hydrogen) atoms. The molecular weight excluding hydrogens is 151 g/mol. The lowest BCUT2D eigenvalue weighted by Crippen LogP contribution is -2.21. The Bertz CT molecular complexity index is 162. The SMILES string of the molecule is CCC1=CPCC1C(C)(C)C. The van der Waals surface area contributed by atoms with Crippen LogP contribution in [0.5, 0.6) is 0 Å². The molecule has 0 bridgehead atoms. The van der Waals surface area contributed by atoms with Gasteiger partial charge in [0.15, 0.2) is 0 Å². The van der Waals surface area contributed by atoms with E-state index in [0.717, 1.165) is 14.5 Å². The molecule has 0 N–H and O–H groups in total. The Morgan fingerprint density at radius 2 is 2.18 bits per heavy atom. The molecule has 1 rings (SSSR count). The molecule has 0 amide bonds. The van der Waals surface area contributed by atoms with Crippen LogP contribution < -0.4 is 0 Å². The second kappa shape index (κ2) is 3.27. The predicted octanol–water partition coefficient (Wildman–Crippen LogP) is 3.63. The molecule has 0 fully saturated rings. The van der Waals surface area contributed by atoms with Gasteiger partial charge in [0, 0.05) is 0 Å². The fraction of sp³-hybridized carbons (Fsp3) is 0.800. The third-order valence-electron chi connectivity index (χ3n) is 2.51. The van der Waals surface area contributed by atoms with Gasteiger partial charge in [-0.1, -0.05) is 47.7 Å². The summed E-state index contributed by atoms with van der Waals surface area (Å²) in [7, 11) is 1.09. The lowest BCUT2D eigenvalue weighted by atomic mass is 9.77. The van der Waals surface area contributed by atoms with Crippen LogP contribution in [-0.4, -0.2) is 6.16 Å². The molecule has 2 atom stereocenters. The minimum absolute atomic E-state index is 0.491. The van der Waals surface area contributed by atoms with Crippen LogP contribution in [-0.2, 0) is 0 Å². The highest BCUT2D eigenvalue weighted by Gasteiger charge is 2.29. The van der Waals surface area contributed by atoms with E-state index in [1.807, 2.05) is 0 Å². The van der Waals surface area contributed by atoms with Crippen molar-refractivity contribution in [3.63, 3.8) is 0 Å². The van der Waals surface area contributed by atoms with E-state index in [4.69, 9.17) is 0 Å². The van der Waals surface area contributed by atoms with Crippen molar-refractivity contribution < 1.29 is 0 Å². The smallest absolute Gasteiger partial charge is 0.0111 e. The summed E-state index contributed by atoms with van der Waals surface area (Å²) in [5.41, 5.74) is 2.20. The van der Waals surface area contributed by atoms with Crippen LogP contribution in [0.25, 0.3) is 0 Å². The van der Waals surface area contributed by atoms with Gasteiger partial charge in [-0.2, -0.15) is 0 Å². The monoisotopic (exact) mass is 170 g/mol. The van der Waals surface area contributed by atoms with Gasteiger partial charge < -0.3 is 0 Å². The second-order valence-electron chi connectivity index (χ2n) is 4.40. The van der Waals surface area contributed by atoms with Crippen molar-refractivity contribution in [1.82, 2.24) is 0 Å². The van der Waals surface area contributed by atoms with E-state index in [-0.39, 0.29) is 0 Å². The van der Waals surface area contributed by atoms with E-state index in [1.165, 1.54) is 12.6 Å². The van der Waals surface area contributed by atoms with Gasteiger partial charge >= 0.3 is 0 Å². The molecule has 0 saturated heterocycles. The summed E-state index contributed by atoms with van der Waals surface area (Å²) in [6, 6.07) is 0. The van der Waals surface area contributed by atoms with Crippen LogP contribution in [0.1, 0.15) is 34.1 Å². The highest BCUT2D eigenvalue weighted by Crippen LogP contribution is 2.44. The maximum absolute atomic E-state index is 2.47. The Kier molecular flexibility index (Phi) is 2.75. The second-order valence-corrected chi connectivity index (χ2v) is 5.50. The van der Waals surface area contributed by atoms with Crippen molar-refractivity contribution in [2.24, 2.45) is 11.3 Å². The summed E-state index contributed by atoms with van der Waals surface area (Å²) in [4.78, 5) is 0. The number of allylic oxidation sites excluding steroid dienone is 1. The van der Waals surface area contributed by atoms with Crippen LogP contribution in [0.4, 0.5) is 0 Å². The van der Waals surface area contributed by atoms with Crippen LogP contribution >= 0.6 is 8.58 Å². The predicted molar refractivity (Wildman–Crippen MR) is 54.5 cm³/mol. The molecule has 1 heterocycles. The van der Waals surface area contributed by atoms with Crippen LogP contribution in [0.3, 0.4) is 0 Å². The van der Waals surface area contributed by atoms with Gasteiger partial charge in [-0.3, -0.25) is 0 Å². The van der Waals surface area contributed by atoms with Crippen LogP contribution in [0.15, 0.2) is 11.4 Å². The molecule has 1 aliphatic heterocycles. The van der Waals surface area contributed by atoms with Crippen LogP contribution in [0.2, 0.25) is 0 Å². The molecule has 2 unspecified atom stereocenters. The average molecular weight is 170 g/mol. The van der Waals surface area contributed by atoms with E-state index < -0.39 is 0 Å². The minimum atomic E-state index is 0.491. The third-order valence-corrected chi connectivity index (χ3v) is 3.73. The molecule has 0 aromatic carbocycles. The molecule has 1 aliphatic rings. The zero-order chi connectivity index (χ0) is 8.48. The first-order chi connectivity index (χ1) is 5.05. The first-order valence-electron chi connectivity index (χ1n) is 4.48. The van der Waals surface area contributed by atoms with Gasteiger partial charge in [0.2, 0.25) is 0 Å². The Morgan fingerprint density at radius 3 is 2.55 bits per heavy atom. The topological polar surface area (TPSA) is 0 Å². The van der Waals surface area contributed by atoms with Crippen molar-refractivity contribution in [3.05, 3.63) is 11.4 Å². The van der Waals surface area contributed by atoms with Gasteiger partial charge in [0.1, 0.15) is 0 Å². The molecule has 0 spiro atoms. The summed E-state index contributed by atoms with van der Waals surface area (Å²) < 4.78 is 0. The molecule has 0 saturated carbocycles. The first-order valence-corrected chi connectivity index (χ1v) is 5.76. The van der Waals surface area contributed by atoms with Crippen molar-refractivity contribution >= 4 is 8.58 Å². The van der Waals surface area contributed by atoms with Crippen molar-refractivity contribution in [2.75, 3.05) is 6.16 Å². The lowest BCUT2D eigenvalue weighted by Gasteiger charge is -2.29. The lowest BCUT2D eigenvalue weighted by molar-refractivity contribution is 0.304. The fourth-order valence-corrected chi connectivity index (χ4v) is 3.65. The highest BCUT2D eigenvalue weighted by atomic mass is 31.1. The molecule has 1 heteroatoms.